The minimum absolute atomic E-state index is 0.0569. The maximum Gasteiger partial charge on any atom is 0.305 e. The Bertz CT molecular complexity index is 1060. The predicted octanol–water partition coefficient (Wildman–Crippen LogP) is 5.97. The van der Waals surface area contributed by atoms with Gasteiger partial charge in [0.05, 0.1) is 99.1 Å². The van der Waals surface area contributed by atoms with Gasteiger partial charge in [-0.15, -0.1) is 0 Å². The summed E-state index contributed by atoms with van der Waals surface area (Å²) in [6, 6.07) is 21.3. The summed E-state index contributed by atoms with van der Waals surface area (Å²) >= 11 is 0. The van der Waals surface area contributed by atoms with Crippen LogP contribution in [0.4, 0.5) is 0 Å². The fourth-order valence-electron chi connectivity index (χ4n) is 5.77. The van der Waals surface area contributed by atoms with Crippen LogP contribution < -0.4 is 10.4 Å². The van der Waals surface area contributed by atoms with E-state index in [4.69, 9.17) is 42.3 Å². The van der Waals surface area contributed by atoms with E-state index in [9.17, 15) is 4.79 Å². The Morgan fingerprint density at radius 2 is 0.827 bits per heavy atom. The fraction of sp³-hybridized carbons (Fsp3) is 0.683. The van der Waals surface area contributed by atoms with Crippen molar-refractivity contribution in [2.75, 3.05) is 106 Å². The van der Waals surface area contributed by atoms with E-state index in [1.807, 2.05) is 0 Å². The number of carbonyl (C=O) groups excluding carboxylic acids is 1. The van der Waals surface area contributed by atoms with Crippen LogP contribution >= 0.6 is 0 Å². The summed E-state index contributed by atoms with van der Waals surface area (Å²) in [5.74, 6) is -0.141. The van der Waals surface area contributed by atoms with Gasteiger partial charge in [0.1, 0.15) is 6.61 Å². The summed E-state index contributed by atoms with van der Waals surface area (Å²) in [6.45, 7) is 16.6. The number of hydrogen-bond donors (Lipinski definition) is 0. The lowest BCUT2D eigenvalue weighted by atomic mass is 10.1. The summed E-state index contributed by atoms with van der Waals surface area (Å²) in [5.41, 5.74) is 0. The highest BCUT2D eigenvalue weighted by Crippen LogP contribution is 2.36. The van der Waals surface area contributed by atoms with E-state index >= 15 is 0 Å². The molecule has 0 N–H and O–H groups in total. The molecule has 0 fully saturated rings. The van der Waals surface area contributed by atoms with Crippen LogP contribution in [0.5, 0.6) is 0 Å². The molecule has 0 atom stereocenters. The Morgan fingerprint density at radius 3 is 1.21 bits per heavy atom. The molecule has 2 aromatic rings. The Morgan fingerprint density at radius 1 is 0.481 bits per heavy atom. The fourth-order valence-corrected chi connectivity index (χ4v) is 10.3. The average molecular weight is 749 g/mol. The molecule has 0 amide bonds. The van der Waals surface area contributed by atoms with Gasteiger partial charge in [-0.2, -0.15) is 0 Å². The Balaban J connectivity index is 1.34. The van der Waals surface area contributed by atoms with E-state index in [-0.39, 0.29) is 17.6 Å². The minimum atomic E-state index is -2.54. The largest absolute Gasteiger partial charge is 0.463 e. The van der Waals surface area contributed by atoms with E-state index in [2.05, 4.69) is 88.4 Å². The number of unbranched alkanes of at least 4 members (excludes halogenated alkanes) is 5. The van der Waals surface area contributed by atoms with Crippen molar-refractivity contribution in [3.05, 3.63) is 60.7 Å². The van der Waals surface area contributed by atoms with Gasteiger partial charge in [-0.3, -0.25) is 4.79 Å². The van der Waals surface area contributed by atoms with Crippen molar-refractivity contribution in [1.29, 1.82) is 0 Å². The molecule has 296 valence electrons. The molecule has 0 saturated heterocycles. The van der Waals surface area contributed by atoms with Crippen LogP contribution in [0, 0.1) is 0 Å². The normalized spacial score (nSPS) is 12.0. The zero-order valence-electron chi connectivity index (χ0n) is 32.6. The number of carbonyl (C=O) groups is 1. The van der Waals surface area contributed by atoms with Crippen LogP contribution in [0.3, 0.4) is 0 Å². The predicted molar refractivity (Wildman–Crippen MR) is 208 cm³/mol. The molecule has 11 heteroatoms. The number of esters is 1. The van der Waals surface area contributed by atoms with Gasteiger partial charge in [0.2, 0.25) is 0 Å². The molecule has 0 aliphatic rings. The molecular weight excluding hydrogens is 681 g/mol. The molecule has 0 aliphatic carbocycles. The molecule has 0 saturated carbocycles. The van der Waals surface area contributed by atoms with Gasteiger partial charge in [0, 0.05) is 6.42 Å². The van der Waals surface area contributed by atoms with Crippen LogP contribution in [0.2, 0.25) is 5.04 Å². The monoisotopic (exact) mass is 748 g/mol. The zero-order chi connectivity index (χ0) is 37.4. The van der Waals surface area contributed by atoms with E-state index < -0.39 is 8.32 Å². The van der Waals surface area contributed by atoms with Crippen molar-refractivity contribution in [2.45, 2.75) is 77.7 Å². The smallest absolute Gasteiger partial charge is 0.305 e. The first kappa shape index (κ1) is 46.0. The Hall–Kier alpha value is -2.19. The second kappa shape index (κ2) is 30.2. The summed E-state index contributed by atoms with van der Waals surface area (Å²) in [6.07, 6.45) is 7.43. The SMILES string of the molecule is CCCCCCCCC(=O)OCCOCCOCCOCCOCCOCCOCCOCCO[Si](c1ccccc1)(c1ccccc1)C(C)(C)C. The lowest BCUT2D eigenvalue weighted by Crippen LogP contribution is -2.66. The first-order valence-electron chi connectivity index (χ1n) is 19.4. The molecule has 52 heavy (non-hydrogen) atoms. The molecule has 2 aromatic carbocycles. The van der Waals surface area contributed by atoms with Crippen molar-refractivity contribution in [1.82, 2.24) is 0 Å². The first-order chi connectivity index (χ1) is 25.4. The van der Waals surface area contributed by atoms with E-state index in [1.165, 1.54) is 36.1 Å². The quantitative estimate of drug-likeness (QED) is 0.0484. The lowest BCUT2D eigenvalue weighted by molar-refractivity contribution is -0.145. The summed E-state index contributed by atoms with van der Waals surface area (Å²) in [5, 5.41) is 2.48. The third kappa shape index (κ3) is 20.3. The second-order valence-corrected chi connectivity index (χ2v) is 17.8. The van der Waals surface area contributed by atoms with Gasteiger partial charge in [0.25, 0.3) is 8.32 Å². The zero-order valence-corrected chi connectivity index (χ0v) is 33.6. The summed E-state index contributed by atoms with van der Waals surface area (Å²) in [4.78, 5) is 11.7. The topological polar surface area (TPSA) is 100 Å². The molecule has 0 bridgehead atoms. The van der Waals surface area contributed by atoms with Crippen molar-refractivity contribution >= 4 is 24.7 Å². The Kier molecular flexibility index (Phi) is 26.7. The van der Waals surface area contributed by atoms with E-state index in [1.54, 1.807) is 0 Å². The minimum Gasteiger partial charge on any atom is -0.463 e. The van der Waals surface area contributed by atoms with Crippen molar-refractivity contribution in [3.63, 3.8) is 0 Å². The molecule has 0 aromatic heterocycles. The van der Waals surface area contributed by atoms with Gasteiger partial charge in [-0.25, -0.2) is 0 Å². The molecule has 10 nitrogen and oxygen atoms in total. The van der Waals surface area contributed by atoms with Crippen LogP contribution in [0.25, 0.3) is 0 Å². The molecular formula is C41H68O10Si. The molecule has 2 rings (SSSR count). The molecule has 0 heterocycles. The van der Waals surface area contributed by atoms with Crippen LogP contribution in [0.15, 0.2) is 60.7 Å². The third-order valence-electron chi connectivity index (χ3n) is 8.42. The van der Waals surface area contributed by atoms with E-state index in [0.29, 0.717) is 106 Å². The van der Waals surface area contributed by atoms with Gasteiger partial charge >= 0.3 is 5.97 Å². The number of ether oxygens (including phenoxy) is 8. The maximum absolute atomic E-state index is 11.7. The summed E-state index contributed by atoms with van der Waals surface area (Å²) < 4.78 is 51.1. The molecule has 0 spiro atoms. The second-order valence-electron chi connectivity index (χ2n) is 13.5. The van der Waals surface area contributed by atoms with Gasteiger partial charge in [0.15, 0.2) is 0 Å². The highest BCUT2D eigenvalue weighted by Gasteiger charge is 2.50. The molecule has 0 unspecified atom stereocenters. The molecule has 0 radical (unpaired) electrons. The van der Waals surface area contributed by atoms with Gasteiger partial charge in [-0.1, -0.05) is 120 Å². The van der Waals surface area contributed by atoms with Crippen LogP contribution in [-0.2, 0) is 47.1 Å². The van der Waals surface area contributed by atoms with Crippen molar-refractivity contribution < 1.29 is 47.1 Å². The van der Waals surface area contributed by atoms with E-state index in [0.717, 1.165) is 12.8 Å². The van der Waals surface area contributed by atoms with Gasteiger partial charge in [-0.05, 0) is 21.8 Å². The highest BCUT2D eigenvalue weighted by atomic mass is 28.4. The van der Waals surface area contributed by atoms with Crippen molar-refractivity contribution in [3.8, 4) is 0 Å². The first-order valence-corrected chi connectivity index (χ1v) is 21.3. The van der Waals surface area contributed by atoms with Crippen LogP contribution in [0.1, 0.15) is 72.6 Å². The summed E-state index contributed by atoms with van der Waals surface area (Å²) in [7, 11) is -2.54. The third-order valence-corrected chi connectivity index (χ3v) is 13.5. The highest BCUT2D eigenvalue weighted by molar-refractivity contribution is 6.99. The maximum atomic E-state index is 11.7. The van der Waals surface area contributed by atoms with Crippen LogP contribution in [-0.4, -0.2) is 120 Å². The van der Waals surface area contributed by atoms with Crippen molar-refractivity contribution in [2.24, 2.45) is 0 Å². The van der Waals surface area contributed by atoms with Gasteiger partial charge < -0.3 is 42.3 Å². The average Bonchev–Trinajstić information content (AvgIpc) is 3.14. The molecule has 0 aliphatic heterocycles. The standard InChI is InChI=1S/C41H68O10Si/c1-5-6-7-8-9-16-21-40(42)50-36-34-48-32-30-46-28-26-44-24-22-43-23-25-45-27-29-47-31-33-49-35-37-51-52(41(2,3)4,38-17-12-10-13-18-38)39-19-14-11-15-20-39/h10-15,17-20H,5-9,16,21-37H2,1-4H3. The lowest BCUT2D eigenvalue weighted by Gasteiger charge is -2.43. The number of benzene rings is 2. The Labute approximate surface area is 315 Å². The number of rotatable bonds is 34. The number of hydrogen-bond acceptors (Lipinski definition) is 10.